The molecule has 1 rings (SSSR count). The molecule has 0 spiro atoms. The Bertz CT molecular complexity index is 258. The van der Waals surface area contributed by atoms with Gasteiger partial charge in [-0.3, -0.25) is 0 Å². The maximum absolute atomic E-state index is 9.30. The molecule has 86 valence electrons. The molecule has 0 aromatic carbocycles. The Hall–Kier alpha value is -0.600. The molecule has 1 aliphatic rings. The van der Waals surface area contributed by atoms with E-state index in [2.05, 4.69) is 32.9 Å². The summed E-state index contributed by atoms with van der Waals surface area (Å²) < 4.78 is 5.91. The van der Waals surface area contributed by atoms with Crippen LogP contribution in [0.15, 0.2) is 24.3 Å². The second-order valence-electron chi connectivity index (χ2n) is 5.29. The third-order valence-electron chi connectivity index (χ3n) is 2.89. The van der Waals surface area contributed by atoms with Crippen molar-refractivity contribution in [2.24, 2.45) is 5.41 Å². The topological polar surface area (TPSA) is 29.5 Å². The van der Waals surface area contributed by atoms with Crippen LogP contribution in [0, 0.1) is 5.41 Å². The molecule has 0 amide bonds. The first-order chi connectivity index (χ1) is 6.87. The second-order valence-corrected chi connectivity index (χ2v) is 5.29. The van der Waals surface area contributed by atoms with Crippen LogP contribution in [0.4, 0.5) is 0 Å². The quantitative estimate of drug-likeness (QED) is 0.776. The number of aliphatic hydroxyl groups excluding tert-OH is 1. The van der Waals surface area contributed by atoms with E-state index < -0.39 is 6.10 Å². The summed E-state index contributed by atoms with van der Waals surface area (Å²) in [5.74, 6) is 0. The highest BCUT2D eigenvalue weighted by Gasteiger charge is 2.40. The number of hydrogen-bond acceptors (Lipinski definition) is 2. The molecule has 0 radical (unpaired) electrons. The van der Waals surface area contributed by atoms with Gasteiger partial charge >= 0.3 is 0 Å². The van der Waals surface area contributed by atoms with Gasteiger partial charge < -0.3 is 9.84 Å². The number of aliphatic hydroxyl groups is 1. The Morgan fingerprint density at radius 3 is 2.47 bits per heavy atom. The van der Waals surface area contributed by atoms with Gasteiger partial charge in [0.1, 0.15) is 0 Å². The summed E-state index contributed by atoms with van der Waals surface area (Å²) in [4.78, 5) is 0. The zero-order valence-corrected chi connectivity index (χ0v) is 10.2. The lowest BCUT2D eigenvalue weighted by Crippen LogP contribution is -2.45. The van der Waals surface area contributed by atoms with Crippen molar-refractivity contribution < 1.29 is 9.84 Å². The molecule has 0 saturated carbocycles. The number of ether oxygens (including phenoxy) is 1. The lowest BCUT2D eigenvalue weighted by atomic mass is 9.72. The molecular weight excluding hydrogens is 188 g/mol. The molecule has 0 heterocycles. The van der Waals surface area contributed by atoms with Gasteiger partial charge in [-0.15, -0.1) is 0 Å². The van der Waals surface area contributed by atoms with Crippen molar-refractivity contribution in [1.29, 1.82) is 0 Å². The predicted octanol–water partition coefficient (Wildman–Crippen LogP) is 2.68. The molecular formula is C13H22O2. The zero-order chi connectivity index (χ0) is 11.5. The number of rotatable bonds is 3. The summed E-state index contributed by atoms with van der Waals surface area (Å²) in [5.41, 5.74) is -0.248. The molecule has 2 atom stereocenters. The zero-order valence-electron chi connectivity index (χ0n) is 10.2. The average Bonchev–Trinajstić information content (AvgIpc) is 2.14. The van der Waals surface area contributed by atoms with Gasteiger partial charge in [-0.05, 0) is 18.8 Å². The first-order valence-corrected chi connectivity index (χ1v) is 5.54. The lowest BCUT2D eigenvalue weighted by molar-refractivity contribution is -0.103. The van der Waals surface area contributed by atoms with E-state index in [1.165, 1.54) is 0 Å². The van der Waals surface area contributed by atoms with E-state index in [4.69, 9.17) is 4.74 Å². The molecule has 2 nitrogen and oxygen atoms in total. The fraction of sp³-hybridized carbons (Fsp3) is 0.692. The molecule has 2 unspecified atom stereocenters. The Kier molecular flexibility index (Phi) is 3.74. The van der Waals surface area contributed by atoms with Crippen molar-refractivity contribution in [2.45, 2.75) is 45.8 Å². The van der Waals surface area contributed by atoms with E-state index in [9.17, 15) is 5.11 Å². The van der Waals surface area contributed by atoms with Gasteiger partial charge in [0.25, 0.3) is 0 Å². The third kappa shape index (κ3) is 2.93. The average molecular weight is 210 g/mol. The minimum absolute atomic E-state index is 0.0309. The van der Waals surface area contributed by atoms with Gasteiger partial charge in [-0.25, -0.2) is 0 Å². The summed E-state index contributed by atoms with van der Waals surface area (Å²) in [5, 5.41) is 9.30. The van der Waals surface area contributed by atoms with E-state index >= 15 is 0 Å². The molecule has 1 aliphatic carbocycles. The lowest BCUT2D eigenvalue weighted by Gasteiger charge is -2.43. The highest BCUT2D eigenvalue weighted by Crippen LogP contribution is 2.39. The Morgan fingerprint density at radius 2 is 2.07 bits per heavy atom. The maximum Gasteiger partial charge on any atom is 0.0949 e. The molecule has 1 N–H and O–H groups in total. The molecule has 2 heteroatoms. The van der Waals surface area contributed by atoms with Gasteiger partial charge in [0.15, 0.2) is 0 Å². The standard InChI is InChI=1S/C13H22O2/c1-11(14)10-15-13(12(2,3)4)8-6-5-7-9-13/h5-8,11,14H,9-10H2,1-4H3. The van der Waals surface area contributed by atoms with Crippen LogP contribution in [0.2, 0.25) is 0 Å². The molecule has 0 saturated heterocycles. The van der Waals surface area contributed by atoms with E-state index in [1.54, 1.807) is 6.92 Å². The van der Waals surface area contributed by atoms with Crippen LogP contribution < -0.4 is 0 Å². The normalized spacial score (nSPS) is 28.1. The van der Waals surface area contributed by atoms with Crippen LogP contribution >= 0.6 is 0 Å². The van der Waals surface area contributed by atoms with E-state index in [0.29, 0.717) is 6.61 Å². The van der Waals surface area contributed by atoms with E-state index in [0.717, 1.165) is 6.42 Å². The molecule has 0 aliphatic heterocycles. The summed E-state index contributed by atoms with van der Waals surface area (Å²) in [6.45, 7) is 8.63. The van der Waals surface area contributed by atoms with Crippen molar-refractivity contribution in [3.8, 4) is 0 Å². The number of hydrogen-bond donors (Lipinski definition) is 1. The Morgan fingerprint density at radius 1 is 1.40 bits per heavy atom. The summed E-state index contributed by atoms with van der Waals surface area (Å²) >= 11 is 0. The van der Waals surface area contributed by atoms with Gasteiger partial charge in [0, 0.05) is 0 Å². The maximum atomic E-state index is 9.30. The molecule has 0 aromatic heterocycles. The van der Waals surface area contributed by atoms with Crippen molar-refractivity contribution in [3.05, 3.63) is 24.3 Å². The van der Waals surface area contributed by atoms with E-state index in [-0.39, 0.29) is 11.0 Å². The first-order valence-electron chi connectivity index (χ1n) is 5.54. The smallest absolute Gasteiger partial charge is 0.0949 e. The van der Waals surface area contributed by atoms with Crippen molar-refractivity contribution in [2.75, 3.05) is 6.61 Å². The predicted molar refractivity (Wildman–Crippen MR) is 62.7 cm³/mol. The van der Waals surface area contributed by atoms with Gasteiger partial charge in [0.05, 0.1) is 18.3 Å². The van der Waals surface area contributed by atoms with Crippen LogP contribution in [0.3, 0.4) is 0 Å². The van der Waals surface area contributed by atoms with Crippen LogP contribution in [0.25, 0.3) is 0 Å². The van der Waals surface area contributed by atoms with Crippen LogP contribution in [0.1, 0.15) is 34.1 Å². The highest BCUT2D eigenvalue weighted by atomic mass is 16.5. The first kappa shape index (κ1) is 12.5. The van der Waals surface area contributed by atoms with Crippen molar-refractivity contribution in [3.63, 3.8) is 0 Å². The van der Waals surface area contributed by atoms with E-state index in [1.807, 2.05) is 12.2 Å². The van der Waals surface area contributed by atoms with Crippen LogP contribution in [-0.2, 0) is 4.74 Å². The molecule has 0 aromatic rings. The fourth-order valence-electron chi connectivity index (χ4n) is 1.75. The third-order valence-corrected chi connectivity index (χ3v) is 2.89. The van der Waals surface area contributed by atoms with Crippen molar-refractivity contribution in [1.82, 2.24) is 0 Å². The Labute approximate surface area is 92.6 Å². The highest BCUT2D eigenvalue weighted by molar-refractivity contribution is 5.21. The molecule has 15 heavy (non-hydrogen) atoms. The fourth-order valence-corrected chi connectivity index (χ4v) is 1.75. The Balaban J connectivity index is 2.79. The second kappa shape index (κ2) is 4.50. The van der Waals surface area contributed by atoms with Gasteiger partial charge in [-0.2, -0.15) is 0 Å². The monoisotopic (exact) mass is 210 g/mol. The summed E-state index contributed by atoms with van der Waals surface area (Å²) in [7, 11) is 0. The van der Waals surface area contributed by atoms with Gasteiger partial charge in [0.2, 0.25) is 0 Å². The van der Waals surface area contributed by atoms with Crippen LogP contribution in [-0.4, -0.2) is 23.4 Å². The minimum atomic E-state index is -0.413. The van der Waals surface area contributed by atoms with Crippen LogP contribution in [0.5, 0.6) is 0 Å². The summed E-state index contributed by atoms with van der Waals surface area (Å²) in [6.07, 6.45) is 8.75. The van der Waals surface area contributed by atoms with Gasteiger partial charge in [-0.1, -0.05) is 45.1 Å². The summed E-state index contributed by atoms with van der Waals surface area (Å²) in [6, 6.07) is 0. The molecule has 0 bridgehead atoms. The minimum Gasteiger partial charge on any atom is -0.391 e. The molecule has 0 fully saturated rings. The number of allylic oxidation sites excluding steroid dienone is 2. The SMILES string of the molecule is CC(O)COC1(C(C)(C)C)C=CC=CC1. The van der Waals surface area contributed by atoms with Crippen molar-refractivity contribution >= 4 is 0 Å². The largest absolute Gasteiger partial charge is 0.391 e.